The minimum Gasteiger partial charge on any atom is -0.496 e. The number of carbonyl (C=O) groups is 1. The zero-order valence-corrected chi connectivity index (χ0v) is 17.1. The summed E-state index contributed by atoms with van der Waals surface area (Å²) in [6, 6.07) is 8.40. The summed E-state index contributed by atoms with van der Waals surface area (Å²) in [4.78, 5) is 16.9. The Hall–Kier alpha value is -3.36. The molecular formula is C20H25N5O4. The second kappa shape index (κ2) is 8.34. The number of carbonyl (C=O) groups excluding carboxylic acids is 1. The van der Waals surface area contributed by atoms with Crippen LogP contribution >= 0.6 is 0 Å². The molecule has 1 aromatic carbocycles. The number of aromatic amines is 1. The second-order valence-corrected chi connectivity index (χ2v) is 7.41. The molecule has 3 rings (SSSR count). The maximum absolute atomic E-state index is 12.5. The van der Waals surface area contributed by atoms with Crippen molar-refractivity contribution in [3.63, 3.8) is 0 Å². The van der Waals surface area contributed by atoms with Gasteiger partial charge in [0.25, 0.3) is 5.89 Å². The molecule has 0 aliphatic heterocycles. The standard InChI is InChI=1S/C20H25N5O4/c1-6-12-11-14(24-23-12)18-22-17(25-29-18)16(21-19(26)28-20(2,3)4)13-9-7-8-10-15(13)27-5/h7-11,16H,6H2,1-5H3,(H,21,26)(H,23,24)/t16-/m1/s1. The van der Waals surface area contributed by atoms with Gasteiger partial charge in [0.05, 0.1) is 7.11 Å². The number of H-pyrrole nitrogens is 1. The van der Waals surface area contributed by atoms with Crippen molar-refractivity contribution < 1.29 is 18.8 Å². The van der Waals surface area contributed by atoms with Gasteiger partial charge in [-0.25, -0.2) is 4.79 Å². The van der Waals surface area contributed by atoms with Crippen LogP contribution in [0.15, 0.2) is 34.9 Å². The Morgan fingerprint density at radius 2 is 2.07 bits per heavy atom. The zero-order chi connectivity index (χ0) is 21.0. The Labute approximate surface area is 168 Å². The molecule has 2 heterocycles. The molecule has 0 saturated carbocycles. The van der Waals surface area contributed by atoms with E-state index in [2.05, 4.69) is 25.7 Å². The molecule has 9 nitrogen and oxygen atoms in total. The molecule has 0 aliphatic carbocycles. The van der Waals surface area contributed by atoms with Crippen LogP contribution in [0, 0.1) is 0 Å². The lowest BCUT2D eigenvalue weighted by Crippen LogP contribution is -2.36. The fourth-order valence-electron chi connectivity index (χ4n) is 2.72. The minimum absolute atomic E-state index is 0.252. The summed E-state index contributed by atoms with van der Waals surface area (Å²) in [7, 11) is 1.56. The van der Waals surface area contributed by atoms with Crippen LogP contribution in [0.5, 0.6) is 5.75 Å². The lowest BCUT2D eigenvalue weighted by molar-refractivity contribution is 0.0509. The maximum Gasteiger partial charge on any atom is 0.408 e. The third-order valence-electron chi connectivity index (χ3n) is 4.04. The molecule has 9 heteroatoms. The molecule has 0 aliphatic rings. The van der Waals surface area contributed by atoms with Crippen molar-refractivity contribution in [3.8, 4) is 17.3 Å². The number of para-hydroxylation sites is 1. The highest BCUT2D eigenvalue weighted by Crippen LogP contribution is 2.30. The van der Waals surface area contributed by atoms with Crippen LogP contribution in [0.3, 0.4) is 0 Å². The molecule has 3 aromatic rings. The van der Waals surface area contributed by atoms with E-state index in [0.29, 0.717) is 17.0 Å². The Morgan fingerprint density at radius 3 is 2.72 bits per heavy atom. The van der Waals surface area contributed by atoms with Crippen LogP contribution in [0.2, 0.25) is 0 Å². The molecule has 0 unspecified atom stereocenters. The lowest BCUT2D eigenvalue weighted by atomic mass is 10.1. The summed E-state index contributed by atoms with van der Waals surface area (Å²) in [5.74, 6) is 1.09. The number of benzene rings is 1. The normalized spacial score (nSPS) is 12.4. The fourth-order valence-corrected chi connectivity index (χ4v) is 2.72. The first kappa shape index (κ1) is 20.4. The van der Waals surface area contributed by atoms with Crippen molar-refractivity contribution in [2.24, 2.45) is 0 Å². The van der Waals surface area contributed by atoms with Gasteiger partial charge in [-0.2, -0.15) is 10.1 Å². The van der Waals surface area contributed by atoms with E-state index >= 15 is 0 Å². The van der Waals surface area contributed by atoms with Crippen molar-refractivity contribution >= 4 is 6.09 Å². The number of alkyl carbamates (subject to hydrolysis) is 1. The highest BCUT2D eigenvalue weighted by Gasteiger charge is 2.28. The molecule has 0 radical (unpaired) electrons. The quantitative estimate of drug-likeness (QED) is 0.650. The SMILES string of the molecule is CCc1cc(-c2nc([C@H](NC(=O)OC(C)(C)C)c3ccccc3OC)no2)n[nH]1. The zero-order valence-electron chi connectivity index (χ0n) is 17.1. The van der Waals surface area contributed by atoms with E-state index in [1.165, 1.54) is 0 Å². The first-order chi connectivity index (χ1) is 13.8. The molecule has 0 fully saturated rings. The van der Waals surface area contributed by atoms with E-state index in [1.807, 2.05) is 31.2 Å². The summed E-state index contributed by atoms with van der Waals surface area (Å²) in [5.41, 5.74) is 1.51. The summed E-state index contributed by atoms with van der Waals surface area (Å²) in [6.45, 7) is 7.39. The number of nitrogens with zero attached hydrogens (tertiary/aromatic N) is 3. The van der Waals surface area contributed by atoms with Gasteiger partial charge in [0.15, 0.2) is 11.5 Å². The number of methoxy groups -OCH3 is 1. The van der Waals surface area contributed by atoms with E-state index < -0.39 is 17.7 Å². The highest BCUT2D eigenvalue weighted by molar-refractivity contribution is 5.69. The maximum atomic E-state index is 12.5. The molecule has 1 atom stereocenters. The lowest BCUT2D eigenvalue weighted by Gasteiger charge is -2.23. The molecule has 154 valence electrons. The number of hydrogen-bond donors (Lipinski definition) is 2. The number of amides is 1. The van der Waals surface area contributed by atoms with E-state index in [4.69, 9.17) is 14.0 Å². The third kappa shape index (κ3) is 4.92. The monoisotopic (exact) mass is 399 g/mol. The molecule has 2 aromatic heterocycles. The summed E-state index contributed by atoms with van der Waals surface area (Å²) >= 11 is 0. The smallest absolute Gasteiger partial charge is 0.408 e. The molecule has 1 amide bonds. The Kier molecular flexibility index (Phi) is 5.86. The van der Waals surface area contributed by atoms with Gasteiger partial charge in [0, 0.05) is 11.3 Å². The molecule has 0 saturated heterocycles. The summed E-state index contributed by atoms with van der Waals surface area (Å²) < 4.78 is 16.2. The van der Waals surface area contributed by atoms with Crippen LogP contribution in [-0.2, 0) is 11.2 Å². The minimum atomic E-state index is -0.733. The van der Waals surface area contributed by atoms with E-state index in [-0.39, 0.29) is 11.7 Å². The van der Waals surface area contributed by atoms with Crippen LogP contribution in [-0.4, -0.2) is 39.1 Å². The van der Waals surface area contributed by atoms with Crippen molar-refractivity contribution in [2.75, 3.05) is 7.11 Å². The van der Waals surface area contributed by atoms with Gasteiger partial charge in [-0.1, -0.05) is 30.3 Å². The van der Waals surface area contributed by atoms with Gasteiger partial charge in [0.2, 0.25) is 0 Å². The molecule has 2 N–H and O–H groups in total. The van der Waals surface area contributed by atoms with Crippen LogP contribution < -0.4 is 10.1 Å². The average molecular weight is 399 g/mol. The van der Waals surface area contributed by atoms with E-state index in [9.17, 15) is 4.79 Å². The third-order valence-corrected chi connectivity index (χ3v) is 4.04. The van der Waals surface area contributed by atoms with Gasteiger partial charge in [0.1, 0.15) is 17.4 Å². The Balaban J connectivity index is 1.96. The fraction of sp³-hybridized carbons (Fsp3) is 0.400. The first-order valence-electron chi connectivity index (χ1n) is 9.31. The van der Waals surface area contributed by atoms with Crippen molar-refractivity contribution in [2.45, 2.75) is 45.8 Å². The van der Waals surface area contributed by atoms with Crippen molar-refractivity contribution in [3.05, 3.63) is 47.4 Å². The molecule has 0 spiro atoms. The summed E-state index contributed by atoms with van der Waals surface area (Å²) in [6.07, 6.45) is 0.200. The molecule has 29 heavy (non-hydrogen) atoms. The highest BCUT2D eigenvalue weighted by atomic mass is 16.6. The Morgan fingerprint density at radius 1 is 1.31 bits per heavy atom. The number of aryl methyl sites for hydroxylation is 1. The van der Waals surface area contributed by atoms with Crippen molar-refractivity contribution in [1.29, 1.82) is 0 Å². The van der Waals surface area contributed by atoms with Crippen molar-refractivity contribution in [1.82, 2.24) is 25.7 Å². The number of rotatable bonds is 6. The second-order valence-electron chi connectivity index (χ2n) is 7.41. The number of hydrogen-bond acceptors (Lipinski definition) is 7. The van der Waals surface area contributed by atoms with Crippen LogP contribution in [0.25, 0.3) is 11.6 Å². The van der Waals surface area contributed by atoms with Gasteiger partial charge < -0.3 is 19.3 Å². The number of aromatic nitrogens is 4. The first-order valence-corrected chi connectivity index (χ1v) is 9.31. The van der Waals surface area contributed by atoms with E-state index in [1.54, 1.807) is 33.9 Å². The predicted octanol–water partition coefficient (Wildman–Crippen LogP) is 3.64. The molecular weight excluding hydrogens is 374 g/mol. The summed E-state index contributed by atoms with van der Waals surface area (Å²) in [5, 5.41) is 14.0. The van der Waals surface area contributed by atoms with Gasteiger partial charge in [-0.3, -0.25) is 5.10 Å². The van der Waals surface area contributed by atoms with Crippen LogP contribution in [0.1, 0.15) is 50.8 Å². The van der Waals surface area contributed by atoms with Gasteiger partial charge in [-0.15, -0.1) is 0 Å². The number of nitrogens with one attached hydrogen (secondary N) is 2. The largest absolute Gasteiger partial charge is 0.496 e. The average Bonchev–Trinajstić information content (AvgIpc) is 3.34. The Bertz CT molecular complexity index is 973. The topological polar surface area (TPSA) is 115 Å². The van der Waals surface area contributed by atoms with Gasteiger partial charge >= 0.3 is 6.09 Å². The van der Waals surface area contributed by atoms with Crippen LogP contribution in [0.4, 0.5) is 4.79 Å². The van der Waals surface area contributed by atoms with E-state index in [0.717, 1.165) is 12.1 Å². The number of ether oxygens (including phenoxy) is 2. The van der Waals surface area contributed by atoms with Gasteiger partial charge in [-0.05, 0) is 39.3 Å². The molecule has 0 bridgehead atoms. The predicted molar refractivity (Wildman–Crippen MR) is 105 cm³/mol.